The predicted octanol–water partition coefficient (Wildman–Crippen LogP) is 1.47. The largest absolute Gasteiger partial charge is 0.316 e. The van der Waals surface area contributed by atoms with Crippen LogP contribution in [0.2, 0.25) is 5.02 Å². The molecule has 6 nitrogen and oxygen atoms in total. The van der Waals surface area contributed by atoms with Gasteiger partial charge in [-0.1, -0.05) is 18.5 Å². The Bertz CT molecular complexity index is 547. The molecule has 0 amide bonds. The van der Waals surface area contributed by atoms with Crippen molar-refractivity contribution in [2.75, 3.05) is 26.2 Å². The lowest BCUT2D eigenvalue weighted by molar-refractivity contribution is 0.290. The number of halogens is 1. The number of rotatable bonds is 6. The van der Waals surface area contributed by atoms with E-state index in [4.69, 9.17) is 11.6 Å². The molecule has 0 radical (unpaired) electrons. The first-order chi connectivity index (χ1) is 9.96. The molecule has 2 heterocycles. The molecule has 1 aromatic heterocycles. The van der Waals surface area contributed by atoms with Gasteiger partial charge >= 0.3 is 0 Å². The highest BCUT2D eigenvalue weighted by atomic mass is 35.5. The van der Waals surface area contributed by atoms with E-state index in [-0.39, 0.29) is 10.0 Å². The van der Waals surface area contributed by atoms with E-state index in [9.17, 15) is 8.42 Å². The molecule has 1 unspecified atom stereocenters. The Hall–Kier alpha value is -0.630. The third-order valence-corrected chi connectivity index (χ3v) is 6.13. The summed E-state index contributed by atoms with van der Waals surface area (Å²) in [6.45, 7) is 4.90. The van der Waals surface area contributed by atoms with Gasteiger partial charge in [-0.05, 0) is 38.3 Å². The number of nitrogens with one attached hydrogen (secondary N) is 1. The van der Waals surface area contributed by atoms with Crippen molar-refractivity contribution in [2.45, 2.75) is 31.2 Å². The van der Waals surface area contributed by atoms with E-state index in [2.05, 4.69) is 10.4 Å². The highest BCUT2D eigenvalue weighted by molar-refractivity contribution is 7.89. The summed E-state index contributed by atoms with van der Waals surface area (Å²) in [6.07, 6.45) is 4.30. The molecule has 0 aromatic carbocycles. The summed E-state index contributed by atoms with van der Waals surface area (Å²) in [5.74, 6) is 0.354. The van der Waals surface area contributed by atoms with Crippen LogP contribution >= 0.6 is 11.6 Å². The zero-order chi connectivity index (χ0) is 15.5. The van der Waals surface area contributed by atoms with E-state index >= 15 is 0 Å². The quantitative estimate of drug-likeness (QED) is 0.855. The molecular formula is C13H23ClN4O2S. The number of aryl methyl sites for hydroxylation is 1. The summed E-state index contributed by atoms with van der Waals surface area (Å²) in [4.78, 5) is 0. The lowest BCUT2D eigenvalue weighted by atomic mass is 10.00. The van der Waals surface area contributed by atoms with E-state index in [1.807, 2.05) is 6.92 Å². The molecule has 1 aliphatic heterocycles. The summed E-state index contributed by atoms with van der Waals surface area (Å²) in [6, 6.07) is 0. The summed E-state index contributed by atoms with van der Waals surface area (Å²) < 4.78 is 28.6. The van der Waals surface area contributed by atoms with Crippen LogP contribution in [0.3, 0.4) is 0 Å². The first kappa shape index (κ1) is 16.7. The summed E-state index contributed by atoms with van der Waals surface area (Å²) in [5.41, 5.74) is 0. The van der Waals surface area contributed by atoms with E-state index in [0.717, 1.165) is 32.4 Å². The number of hydrogen-bond acceptors (Lipinski definition) is 4. The third kappa shape index (κ3) is 3.77. The van der Waals surface area contributed by atoms with Gasteiger partial charge in [0.1, 0.15) is 0 Å². The second-order valence-electron chi connectivity index (χ2n) is 5.50. The molecule has 1 atom stereocenters. The normalized spacial score (nSPS) is 20.1. The van der Waals surface area contributed by atoms with Crippen LogP contribution in [0.4, 0.5) is 0 Å². The van der Waals surface area contributed by atoms with Gasteiger partial charge in [-0.15, -0.1) is 0 Å². The second kappa shape index (κ2) is 7.09. The molecule has 1 aliphatic rings. The molecule has 1 saturated heterocycles. The van der Waals surface area contributed by atoms with E-state index < -0.39 is 10.0 Å². The number of hydrogen-bond donors (Lipinski definition) is 1. The molecule has 0 aliphatic carbocycles. The minimum atomic E-state index is -3.61. The van der Waals surface area contributed by atoms with E-state index in [1.165, 1.54) is 10.9 Å². The minimum absolute atomic E-state index is 0.0846. The average molecular weight is 335 g/mol. The van der Waals surface area contributed by atoms with Gasteiger partial charge in [0, 0.05) is 20.1 Å². The molecule has 1 N–H and O–H groups in total. The number of aromatic nitrogens is 2. The van der Waals surface area contributed by atoms with Gasteiger partial charge in [-0.3, -0.25) is 4.68 Å². The fourth-order valence-corrected chi connectivity index (χ4v) is 4.95. The van der Waals surface area contributed by atoms with Crippen LogP contribution in [0.25, 0.3) is 0 Å². The van der Waals surface area contributed by atoms with Gasteiger partial charge in [-0.25, -0.2) is 8.42 Å². The smallest absolute Gasteiger partial charge is 0.261 e. The van der Waals surface area contributed by atoms with E-state index in [0.29, 0.717) is 19.0 Å². The van der Waals surface area contributed by atoms with Gasteiger partial charge < -0.3 is 5.32 Å². The first-order valence-corrected chi connectivity index (χ1v) is 9.17. The molecule has 0 saturated carbocycles. The summed E-state index contributed by atoms with van der Waals surface area (Å²) >= 11 is 6.02. The molecule has 8 heteroatoms. The summed E-state index contributed by atoms with van der Waals surface area (Å²) in [5, 5.41) is 7.53. The van der Waals surface area contributed by atoms with Crippen LogP contribution in [-0.2, 0) is 17.1 Å². The average Bonchev–Trinajstić information content (AvgIpc) is 2.79. The van der Waals surface area contributed by atoms with E-state index in [1.54, 1.807) is 11.4 Å². The Morgan fingerprint density at radius 1 is 1.57 bits per heavy atom. The third-order valence-electron chi connectivity index (χ3n) is 3.76. The topological polar surface area (TPSA) is 67.2 Å². The van der Waals surface area contributed by atoms with Crippen molar-refractivity contribution in [2.24, 2.45) is 13.0 Å². The molecule has 0 bridgehead atoms. The Labute approximate surface area is 131 Å². The Morgan fingerprint density at radius 2 is 2.33 bits per heavy atom. The minimum Gasteiger partial charge on any atom is -0.316 e. The van der Waals surface area contributed by atoms with Crippen molar-refractivity contribution in [3.05, 3.63) is 11.2 Å². The maximum absolute atomic E-state index is 12.9. The van der Waals surface area contributed by atoms with Crippen LogP contribution in [0.1, 0.15) is 26.2 Å². The zero-order valence-corrected chi connectivity index (χ0v) is 14.1. The van der Waals surface area contributed by atoms with Gasteiger partial charge in [0.25, 0.3) is 10.0 Å². The van der Waals surface area contributed by atoms with Crippen molar-refractivity contribution in [1.29, 1.82) is 0 Å². The van der Waals surface area contributed by atoms with Crippen LogP contribution in [-0.4, -0.2) is 48.7 Å². The second-order valence-corrected chi connectivity index (χ2v) is 7.76. The van der Waals surface area contributed by atoms with Crippen LogP contribution in [0, 0.1) is 5.92 Å². The maximum atomic E-state index is 12.9. The van der Waals surface area contributed by atoms with Gasteiger partial charge in [0.15, 0.2) is 5.03 Å². The van der Waals surface area contributed by atoms with Crippen molar-refractivity contribution in [3.63, 3.8) is 0 Å². The fourth-order valence-electron chi connectivity index (χ4n) is 2.74. The Morgan fingerprint density at radius 3 is 2.86 bits per heavy atom. The molecule has 1 aromatic rings. The zero-order valence-electron chi connectivity index (χ0n) is 12.5. The standard InChI is InChI=1S/C13H23ClN4O2S/c1-3-7-18(10-11-5-4-6-15-8-11)21(19,20)13-12(14)9-16-17(13)2/h9,11,15H,3-8,10H2,1-2H3. The number of nitrogens with zero attached hydrogens (tertiary/aromatic N) is 3. The van der Waals surface area contributed by atoms with Crippen LogP contribution < -0.4 is 5.32 Å². The molecule has 2 rings (SSSR count). The number of sulfonamides is 1. The molecule has 21 heavy (non-hydrogen) atoms. The monoisotopic (exact) mass is 334 g/mol. The molecule has 120 valence electrons. The lowest BCUT2D eigenvalue weighted by Gasteiger charge is -2.29. The van der Waals surface area contributed by atoms with Crippen molar-refractivity contribution < 1.29 is 8.42 Å². The number of piperidine rings is 1. The predicted molar refractivity (Wildman–Crippen MR) is 82.9 cm³/mol. The summed E-state index contributed by atoms with van der Waals surface area (Å²) in [7, 11) is -2.00. The lowest BCUT2D eigenvalue weighted by Crippen LogP contribution is -2.41. The van der Waals surface area contributed by atoms with Gasteiger partial charge in [0.05, 0.1) is 11.2 Å². The Balaban J connectivity index is 2.23. The molecule has 1 fully saturated rings. The highest BCUT2D eigenvalue weighted by Gasteiger charge is 2.31. The highest BCUT2D eigenvalue weighted by Crippen LogP contribution is 2.25. The SMILES string of the molecule is CCCN(CC1CCCNC1)S(=O)(=O)c1c(Cl)cnn1C. The molecule has 0 spiro atoms. The maximum Gasteiger partial charge on any atom is 0.261 e. The molecular weight excluding hydrogens is 312 g/mol. The van der Waals surface area contributed by atoms with Crippen LogP contribution in [0.15, 0.2) is 11.2 Å². The van der Waals surface area contributed by atoms with Gasteiger partial charge in [-0.2, -0.15) is 9.40 Å². The van der Waals surface area contributed by atoms with Crippen molar-refractivity contribution >= 4 is 21.6 Å². The van der Waals surface area contributed by atoms with Crippen molar-refractivity contribution in [3.8, 4) is 0 Å². The van der Waals surface area contributed by atoms with Crippen molar-refractivity contribution in [1.82, 2.24) is 19.4 Å². The fraction of sp³-hybridized carbons (Fsp3) is 0.769. The first-order valence-electron chi connectivity index (χ1n) is 7.35. The van der Waals surface area contributed by atoms with Gasteiger partial charge in [0.2, 0.25) is 0 Å². The van der Waals surface area contributed by atoms with Crippen LogP contribution in [0.5, 0.6) is 0 Å². The Kier molecular flexibility index (Phi) is 5.65.